The number of hydrogen-bond donors (Lipinski definition) is 2. The molecule has 0 unspecified atom stereocenters. The van der Waals surface area contributed by atoms with E-state index in [0.29, 0.717) is 0 Å². The van der Waals surface area contributed by atoms with Gasteiger partial charge < -0.3 is 10.4 Å². The van der Waals surface area contributed by atoms with Crippen LogP contribution in [-0.2, 0) is 9.84 Å². The predicted octanol–water partition coefficient (Wildman–Crippen LogP) is 1.51. The van der Waals surface area contributed by atoms with Crippen molar-refractivity contribution in [3.63, 3.8) is 0 Å². The Balaban J connectivity index is 2.49. The Kier molecular flexibility index (Phi) is 3.47. The minimum Gasteiger partial charge on any atom is -0.478 e. The molecule has 0 radical (unpaired) electrons. The molecule has 2 rings (SSSR count). The number of aromatic carboxylic acids is 1. The number of fused-ring (bicyclic) bond motifs is 1. The molecule has 0 saturated heterocycles. The van der Waals surface area contributed by atoms with E-state index >= 15 is 0 Å². The monoisotopic (exact) mass is 281 g/mol. The Hall–Kier alpha value is -1.66. The van der Waals surface area contributed by atoms with Crippen LogP contribution < -0.4 is 5.32 Å². The summed E-state index contributed by atoms with van der Waals surface area (Å²) in [6, 6.07) is 4.45. The average molecular weight is 281 g/mol. The maximum Gasteiger partial charge on any atom is 0.336 e. The fourth-order valence-electron chi connectivity index (χ4n) is 1.94. The molecule has 1 heterocycles. The van der Waals surface area contributed by atoms with Gasteiger partial charge in [-0.25, -0.2) is 13.2 Å². The smallest absolute Gasteiger partial charge is 0.336 e. The highest BCUT2D eigenvalue weighted by Gasteiger charge is 2.31. The van der Waals surface area contributed by atoms with Gasteiger partial charge in [0.25, 0.3) is 0 Å². The van der Waals surface area contributed by atoms with Gasteiger partial charge in [-0.05, 0) is 18.2 Å². The van der Waals surface area contributed by atoms with Gasteiger partial charge >= 0.3 is 5.97 Å². The predicted molar refractivity (Wildman–Crippen MR) is 71.7 cm³/mol. The van der Waals surface area contributed by atoms with Crippen molar-refractivity contribution in [1.82, 2.24) is 5.32 Å². The summed E-state index contributed by atoms with van der Waals surface area (Å²) in [4.78, 5) is 11.4. The maximum atomic E-state index is 12.3. The number of benzene rings is 1. The van der Waals surface area contributed by atoms with Gasteiger partial charge in [0.1, 0.15) is 0 Å². The number of nitrogens with one attached hydrogen (secondary N) is 1. The van der Waals surface area contributed by atoms with Crippen molar-refractivity contribution in [2.45, 2.75) is 24.8 Å². The second kappa shape index (κ2) is 4.79. The van der Waals surface area contributed by atoms with Crippen LogP contribution in [-0.4, -0.2) is 32.1 Å². The first-order chi connectivity index (χ1) is 8.84. The molecule has 0 bridgehead atoms. The number of sulfone groups is 1. The molecule has 0 amide bonds. The number of carbonyl (C=O) groups is 1. The summed E-state index contributed by atoms with van der Waals surface area (Å²) in [6.45, 7) is 4.03. The second-order valence-corrected chi connectivity index (χ2v) is 6.64. The van der Waals surface area contributed by atoms with Gasteiger partial charge in [0.05, 0.1) is 15.4 Å². The second-order valence-electron chi connectivity index (χ2n) is 4.67. The molecule has 0 saturated carbocycles. The van der Waals surface area contributed by atoms with Crippen molar-refractivity contribution < 1.29 is 18.3 Å². The lowest BCUT2D eigenvalue weighted by molar-refractivity contribution is 0.0696. The van der Waals surface area contributed by atoms with Gasteiger partial charge in [-0.15, -0.1) is 0 Å². The lowest BCUT2D eigenvalue weighted by atomic mass is 10.1. The van der Waals surface area contributed by atoms with E-state index in [-0.39, 0.29) is 33.5 Å². The van der Waals surface area contributed by atoms with Crippen LogP contribution in [0.1, 0.15) is 29.8 Å². The first-order valence-corrected chi connectivity index (χ1v) is 7.37. The SMILES string of the molecule is CC(C)NCC1=Cc2c(C(=O)O)cccc2S1(=O)=O. The average Bonchev–Trinajstić information content (AvgIpc) is 2.58. The molecule has 2 N–H and O–H groups in total. The first kappa shape index (κ1) is 13.8. The van der Waals surface area contributed by atoms with E-state index in [0.717, 1.165) is 0 Å². The van der Waals surface area contributed by atoms with Crippen LogP contribution in [0.25, 0.3) is 6.08 Å². The Morgan fingerprint density at radius 2 is 2.05 bits per heavy atom. The van der Waals surface area contributed by atoms with Gasteiger partial charge in [0.2, 0.25) is 9.84 Å². The Labute approximate surface area is 111 Å². The molecule has 0 aromatic heterocycles. The van der Waals surface area contributed by atoms with Crippen LogP contribution in [0.4, 0.5) is 0 Å². The molecule has 1 aromatic rings. The summed E-state index contributed by atoms with van der Waals surface area (Å²) in [5.74, 6) is -1.12. The van der Waals surface area contributed by atoms with Gasteiger partial charge in [-0.3, -0.25) is 0 Å². The molecule has 0 spiro atoms. The van der Waals surface area contributed by atoms with Crippen LogP contribution in [0, 0.1) is 0 Å². The van der Waals surface area contributed by atoms with Crippen molar-refractivity contribution in [3.05, 3.63) is 34.2 Å². The van der Waals surface area contributed by atoms with E-state index in [9.17, 15) is 13.2 Å². The third-order valence-corrected chi connectivity index (χ3v) is 4.81. The zero-order chi connectivity index (χ0) is 14.2. The zero-order valence-electron chi connectivity index (χ0n) is 10.7. The lowest BCUT2D eigenvalue weighted by Crippen LogP contribution is -2.26. The van der Waals surface area contributed by atoms with E-state index in [2.05, 4.69) is 5.32 Å². The molecular weight excluding hydrogens is 266 g/mol. The van der Waals surface area contributed by atoms with Crippen LogP contribution in [0.3, 0.4) is 0 Å². The van der Waals surface area contributed by atoms with Gasteiger partial charge in [0, 0.05) is 18.2 Å². The quantitative estimate of drug-likeness (QED) is 0.874. The van der Waals surface area contributed by atoms with Crippen LogP contribution in [0.15, 0.2) is 28.0 Å². The molecule has 5 nitrogen and oxygen atoms in total. The van der Waals surface area contributed by atoms with Crippen molar-refractivity contribution in [2.75, 3.05) is 6.54 Å². The Morgan fingerprint density at radius 3 is 2.63 bits per heavy atom. The molecule has 102 valence electrons. The topological polar surface area (TPSA) is 83.5 Å². The third kappa shape index (κ3) is 2.41. The van der Waals surface area contributed by atoms with Gasteiger partial charge in [0.15, 0.2) is 0 Å². The van der Waals surface area contributed by atoms with Crippen molar-refractivity contribution in [2.24, 2.45) is 0 Å². The van der Waals surface area contributed by atoms with E-state index in [1.54, 1.807) is 0 Å². The summed E-state index contributed by atoms with van der Waals surface area (Å²) >= 11 is 0. The molecule has 1 aliphatic heterocycles. The summed E-state index contributed by atoms with van der Waals surface area (Å²) in [7, 11) is -3.56. The van der Waals surface area contributed by atoms with E-state index < -0.39 is 15.8 Å². The number of hydrogen-bond acceptors (Lipinski definition) is 4. The number of carboxylic acids is 1. The Bertz CT molecular complexity index is 659. The highest BCUT2D eigenvalue weighted by Crippen LogP contribution is 2.34. The molecule has 6 heteroatoms. The maximum absolute atomic E-state index is 12.3. The van der Waals surface area contributed by atoms with Crippen LogP contribution in [0.2, 0.25) is 0 Å². The highest BCUT2D eigenvalue weighted by atomic mass is 32.2. The lowest BCUT2D eigenvalue weighted by Gasteiger charge is -2.08. The Morgan fingerprint density at radius 1 is 1.37 bits per heavy atom. The summed E-state index contributed by atoms with van der Waals surface area (Å²) in [5, 5.41) is 12.1. The van der Waals surface area contributed by atoms with Crippen molar-refractivity contribution >= 4 is 21.9 Å². The largest absolute Gasteiger partial charge is 0.478 e. The molecule has 0 aliphatic carbocycles. The molecule has 1 aromatic carbocycles. The van der Waals surface area contributed by atoms with Crippen LogP contribution in [0.5, 0.6) is 0 Å². The van der Waals surface area contributed by atoms with Gasteiger partial charge in [-0.1, -0.05) is 19.9 Å². The molecule has 0 fully saturated rings. The number of rotatable bonds is 4. The summed E-state index contributed by atoms with van der Waals surface area (Å²) in [6.07, 6.45) is 1.45. The van der Waals surface area contributed by atoms with E-state index in [1.165, 1.54) is 24.3 Å². The highest BCUT2D eigenvalue weighted by molar-refractivity contribution is 7.95. The van der Waals surface area contributed by atoms with Gasteiger partial charge in [-0.2, -0.15) is 0 Å². The van der Waals surface area contributed by atoms with Crippen molar-refractivity contribution in [1.29, 1.82) is 0 Å². The fourth-order valence-corrected chi connectivity index (χ4v) is 3.49. The molecule has 19 heavy (non-hydrogen) atoms. The van der Waals surface area contributed by atoms with E-state index in [1.807, 2.05) is 13.8 Å². The summed E-state index contributed by atoms with van der Waals surface area (Å²) < 4.78 is 24.5. The molecular formula is C13H15NO4S. The van der Waals surface area contributed by atoms with Crippen molar-refractivity contribution in [3.8, 4) is 0 Å². The first-order valence-electron chi connectivity index (χ1n) is 5.89. The fraction of sp³-hybridized carbons (Fsp3) is 0.308. The molecule has 0 atom stereocenters. The number of carboxylic acid groups (broad SMARTS) is 1. The minimum atomic E-state index is -3.56. The minimum absolute atomic E-state index is 0.0145. The van der Waals surface area contributed by atoms with Crippen LogP contribution >= 0.6 is 0 Å². The van der Waals surface area contributed by atoms with E-state index in [4.69, 9.17) is 5.11 Å². The third-order valence-electron chi connectivity index (χ3n) is 2.92. The normalized spacial score (nSPS) is 16.3. The standard InChI is InChI=1S/C13H15NO4S/c1-8(2)14-7-9-6-11-10(13(15)16)4-3-5-12(11)19(9,17)18/h3-6,8,14H,7H2,1-2H3,(H,15,16). The zero-order valence-corrected chi connectivity index (χ0v) is 11.5. The summed E-state index contributed by atoms with van der Waals surface area (Å²) in [5.41, 5.74) is 0.288. The molecule has 1 aliphatic rings.